The molecule has 112 valence electrons. The summed E-state index contributed by atoms with van der Waals surface area (Å²) >= 11 is 0. The lowest BCUT2D eigenvalue weighted by atomic mass is 10.1. The minimum absolute atomic E-state index is 0.0222. The Morgan fingerprint density at radius 2 is 2.10 bits per heavy atom. The van der Waals surface area contributed by atoms with Crippen LogP contribution in [-0.4, -0.2) is 42.7 Å². The molecule has 1 aromatic carbocycles. The Morgan fingerprint density at radius 1 is 1.45 bits per heavy atom. The number of hydrogen-bond donors (Lipinski definition) is 3. The van der Waals surface area contributed by atoms with Gasteiger partial charge in [-0.05, 0) is 25.2 Å². The van der Waals surface area contributed by atoms with Gasteiger partial charge in [0, 0.05) is 17.9 Å². The summed E-state index contributed by atoms with van der Waals surface area (Å²) in [6.45, 7) is 0.152. The van der Waals surface area contributed by atoms with E-state index in [-0.39, 0.29) is 18.8 Å². The third kappa shape index (κ3) is 4.71. The number of alkyl halides is 3. The summed E-state index contributed by atoms with van der Waals surface area (Å²) in [4.78, 5) is 13.1. The molecular weight excluding hydrogens is 275 g/mol. The van der Waals surface area contributed by atoms with Gasteiger partial charge in [0.15, 0.2) is 0 Å². The van der Waals surface area contributed by atoms with Crippen molar-refractivity contribution in [3.8, 4) is 0 Å². The molecule has 4 N–H and O–H groups in total. The maximum atomic E-state index is 12.6. The predicted molar refractivity (Wildman–Crippen MR) is 69.1 cm³/mol. The Balaban J connectivity index is 2.76. The Morgan fingerprint density at radius 3 is 2.65 bits per heavy atom. The maximum Gasteiger partial charge on any atom is 0.418 e. The van der Waals surface area contributed by atoms with Crippen molar-refractivity contribution < 1.29 is 23.1 Å². The summed E-state index contributed by atoms with van der Waals surface area (Å²) in [5, 5.41) is 11.0. The highest BCUT2D eigenvalue weighted by Crippen LogP contribution is 2.35. The third-order valence-electron chi connectivity index (χ3n) is 2.54. The highest BCUT2D eigenvalue weighted by Gasteiger charge is 2.33. The topological polar surface area (TPSA) is 78.6 Å². The number of benzene rings is 1. The summed E-state index contributed by atoms with van der Waals surface area (Å²) in [5.74, 6) is -0.473. The maximum absolute atomic E-state index is 12.6. The number of aliphatic hydroxyl groups is 1. The van der Waals surface area contributed by atoms with Crippen LogP contribution in [0.5, 0.6) is 0 Å². The van der Waals surface area contributed by atoms with E-state index in [0.717, 1.165) is 12.1 Å². The molecule has 0 fully saturated rings. The standard InChI is InChI=1S/C12H16F3N3O2/c1-18(4-5-19)7-11(20)17-8-2-3-10(16)9(6-8)12(13,14)15/h2-3,6,19H,4-5,7,16H2,1H3,(H,17,20). The number of carbonyl (C=O) groups excluding carboxylic acids is 1. The SMILES string of the molecule is CN(CCO)CC(=O)Nc1ccc(N)c(C(F)(F)F)c1. The fourth-order valence-electron chi connectivity index (χ4n) is 1.57. The van der Waals surface area contributed by atoms with E-state index in [2.05, 4.69) is 5.32 Å². The van der Waals surface area contributed by atoms with Gasteiger partial charge in [-0.25, -0.2) is 0 Å². The lowest BCUT2D eigenvalue weighted by molar-refractivity contribution is -0.137. The van der Waals surface area contributed by atoms with Crippen molar-refractivity contribution in [2.75, 3.05) is 37.8 Å². The molecule has 0 saturated heterocycles. The fourth-order valence-corrected chi connectivity index (χ4v) is 1.57. The molecule has 1 amide bonds. The van der Waals surface area contributed by atoms with E-state index in [0.29, 0.717) is 6.54 Å². The monoisotopic (exact) mass is 291 g/mol. The number of nitrogens with zero attached hydrogens (tertiary/aromatic N) is 1. The van der Waals surface area contributed by atoms with Crippen LogP contribution in [-0.2, 0) is 11.0 Å². The average molecular weight is 291 g/mol. The lowest BCUT2D eigenvalue weighted by Gasteiger charge is -2.16. The lowest BCUT2D eigenvalue weighted by Crippen LogP contribution is -2.32. The highest BCUT2D eigenvalue weighted by atomic mass is 19.4. The molecule has 0 aliphatic rings. The van der Waals surface area contributed by atoms with Gasteiger partial charge >= 0.3 is 6.18 Å². The van der Waals surface area contributed by atoms with Gasteiger partial charge in [0.05, 0.1) is 18.7 Å². The zero-order chi connectivity index (χ0) is 15.3. The van der Waals surface area contributed by atoms with Crippen molar-refractivity contribution in [1.29, 1.82) is 0 Å². The molecule has 0 spiro atoms. The minimum Gasteiger partial charge on any atom is -0.398 e. The summed E-state index contributed by atoms with van der Waals surface area (Å²) in [6.07, 6.45) is -4.57. The van der Waals surface area contributed by atoms with E-state index < -0.39 is 23.3 Å². The first-order valence-corrected chi connectivity index (χ1v) is 5.80. The second-order valence-electron chi connectivity index (χ2n) is 4.31. The smallest absolute Gasteiger partial charge is 0.398 e. The number of nitrogen functional groups attached to an aromatic ring is 1. The van der Waals surface area contributed by atoms with Gasteiger partial charge in [-0.2, -0.15) is 13.2 Å². The zero-order valence-electron chi connectivity index (χ0n) is 10.9. The van der Waals surface area contributed by atoms with Crippen LogP contribution in [0.25, 0.3) is 0 Å². The first kappa shape index (κ1) is 16.3. The number of anilines is 2. The van der Waals surface area contributed by atoms with E-state index in [1.807, 2.05) is 0 Å². The van der Waals surface area contributed by atoms with Crippen LogP contribution in [0.15, 0.2) is 18.2 Å². The van der Waals surface area contributed by atoms with Gasteiger partial charge in [0.1, 0.15) is 0 Å². The van der Waals surface area contributed by atoms with Crippen LogP contribution in [0.1, 0.15) is 5.56 Å². The van der Waals surface area contributed by atoms with Gasteiger partial charge < -0.3 is 16.2 Å². The largest absolute Gasteiger partial charge is 0.418 e. The number of nitrogens with one attached hydrogen (secondary N) is 1. The number of amides is 1. The molecule has 0 saturated carbocycles. The number of nitrogens with two attached hydrogens (primary N) is 1. The second-order valence-corrected chi connectivity index (χ2v) is 4.31. The summed E-state index contributed by atoms with van der Waals surface area (Å²) < 4.78 is 37.9. The zero-order valence-corrected chi connectivity index (χ0v) is 10.9. The van der Waals surface area contributed by atoms with Crippen LogP contribution in [0.3, 0.4) is 0 Å². The molecule has 1 rings (SSSR count). The third-order valence-corrected chi connectivity index (χ3v) is 2.54. The molecule has 8 heteroatoms. The number of likely N-dealkylation sites (N-methyl/N-ethyl adjacent to an activating group) is 1. The molecule has 0 unspecified atom stereocenters. The second kappa shape index (κ2) is 6.58. The highest BCUT2D eigenvalue weighted by molar-refractivity contribution is 5.92. The van der Waals surface area contributed by atoms with Crippen molar-refractivity contribution in [3.63, 3.8) is 0 Å². The van der Waals surface area contributed by atoms with Crippen molar-refractivity contribution in [3.05, 3.63) is 23.8 Å². The molecule has 1 aromatic rings. The van der Waals surface area contributed by atoms with Gasteiger partial charge in [0.2, 0.25) is 5.91 Å². The molecule has 20 heavy (non-hydrogen) atoms. The summed E-state index contributed by atoms with van der Waals surface area (Å²) in [7, 11) is 1.61. The number of halogens is 3. The van der Waals surface area contributed by atoms with Crippen LogP contribution in [0.4, 0.5) is 24.5 Å². The predicted octanol–water partition coefficient (Wildman–Crippen LogP) is 1.15. The molecule has 0 radical (unpaired) electrons. The van der Waals surface area contributed by atoms with Crippen molar-refractivity contribution >= 4 is 17.3 Å². The summed E-state index contributed by atoms with van der Waals surface area (Å²) in [6, 6.07) is 3.18. The molecule has 0 aliphatic heterocycles. The molecule has 0 aromatic heterocycles. The van der Waals surface area contributed by atoms with Crippen LogP contribution in [0, 0.1) is 0 Å². The van der Waals surface area contributed by atoms with Crippen LogP contribution in [0.2, 0.25) is 0 Å². The number of hydrogen-bond acceptors (Lipinski definition) is 4. The van der Waals surface area contributed by atoms with E-state index in [9.17, 15) is 18.0 Å². The minimum atomic E-state index is -4.57. The van der Waals surface area contributed by atoms with Gasteiger partial charge in [0.25, 0.3) is 0 Å². The Bertz CT molecular complexity index is 478. The number of aliphatic hydroxyl groups excluding tert-OH is 1. The van der Waals surface area contributed by atoms with Crippen molar-refractivity contribution in [1.82, 2.24) is 4.90 Å². The van der Waals surface area contributed by atoms with E-state index in [1.54, 1.807) is 7.05 Å². The molecule has 0 atom stereocenters. The Hall–Kier alpha value is -1.80. The van der Waals surface area contributed by atoms with E-state index in [1.165, 1.54) is 11.0 Å². The average Bonchev–Trinajstić information content (AvgIpc) is 2.30. The van der Waals surface area contributed by atoms with Crippen LogP contribution >= 0.6 is 0 Å². The molecule has 0 heterocycles. The van der Waals surface area contributed by atoms with Crippen molar-refractivity contribution in [2.45, 2.75) is 6.18 Å². The quantitative estimate of drug-likeness (QED) is 0.711. The van der Waals surface area contributed by atoms with Gasteiger partial charge in [-0.15, -0.1) is 0 Å². The first-order valence-electron chi connectivity index (χ1n) is 5.80. The van der Waals surface area contributed by atoms with Gasteiger partial charge in [-0.1, -0.05) is 0 Å². The first-order chi connectivity index (χ1) is 9.24. The number of carbonyl (C=O) groups is 1. The van der Waals surface area contributed by atoms with Crippen LogP contribution < -0.4 is 11.1 Å². The molecule has 5 nitrogen and oxygen atoms in total. The molecule has 0 bridgehead atoms. The number of rotatable bonds is 5. The Labute approximate surface area is 114 Å². The Kier molecular flexibility index (Phi) is 5.34. The van der Waals surface area contributed by atoms with Crippen molar-refractivity contribution in [2.24, 2.45) is 0 Å². The summed E-state index contributed by atoms with van der Waals surface area (Å²) in [5.41, 5.74) is 3.90. The normalized spacial score (nSPS) is 11.7. The molecular formula is C12H16F3N3O2. The van der Waals surface area contributed by atoms with Gasteiger partial charge in [-0.3, -0.25) is 9.69 Å². The van der Waals surface area contributed by atoms with E-state index >= 15 is 0 Å². The fraction of sp³-hybridized carbons (Fsp3) is 0.417. The molecule has 0 aliphatic carbocycles. The van der Waals surface area contributed by atoms with E-state index in [4.69, 9.17) is 10.8 Å².